The largest absolute Gasteiger partial charge is 0.423 e. The number of hydrogen-bond acceptors (Lipinski definition) is 6. The predicted molar refractivity (Wildman–Crippen MR) is 92.0 cm³/mol. The fourth-order valence-corrected chi connectivity index (χ4v) is 2.44. The van der Waals surface area contributed by atoms with Gasteiger partial charge in [-0.3, -0.25) is 9.78 Å². The molecule has 2 aromatic heterocycles. The highest BCUT2D eigenvalue weighted by Gasteiger charge is 2.13. The maximum absolute atomic E-state index is 12.5. The van der Waals surface area contributed by atoms with Crippen molar-refractivity contribution in [1.82, 2.24) is 20.2 Å². The SMILES string of the molecule is Cc1ccc(-c2nnco2)cc1NC(=O)c1cnc2ccccc2n1. The van der Waals surface area contributed by atoms with E-state index < -0.39 is 0 Å². The number of carbonyl (C=O) groups excluding carboxylic acids is 1. The number of nitrogens with zero attached hydrogens (tertiary/aromatic N) is 4. The van der Waals surface area contributed by atoms with Crippen molar-refractivity contribution in [3.8, 4) is 11.5 Å². The van der Waals surface area contributed by atoms with Crippen LogP contribution in [0.4, 0.5) is 5.69 Å². The molecule has 0 unspecified atom stereocenters. The number of amides is 1. The number of nitrogens with one attached hydrogen (secondary N) is 1. The Morgan fingerprint density at radius 1 is 1.12 bits per heavy atom. The summed E-state index contributed by atoms with van der Waals surface area (Å²) in [4.78, 5) is 21.2. The monoisotopic (exact) mass is 331 g/mol. The molecule has 0 bridgehead atoms. The van der Waals surface area contributed by atoms with Crippen molar-refractivity contribution in [2.45, 2.75) is 6.92 Å². The zero-order valence-corrected chi connectivity index (χ0v) is 13.3. The molecule has 0 saturated heterocycles. The van der Waals surface area contributed by atoms with Crippen LogP contribution >= 0.6 is 0 Å². The number of benzene rings is 2. The van der Waals surface area contributed by atoms with E-state index in [4.69, 9.17) is 4.42 Å². The van der Waals surface area contributed by atoms with Crippen LogP contribution in [0.1, 0.15) is 16.1 Å². The highest BCUT2D eigenvalue weighted by molar-refractivity contribution is 6.04. The highest BCUT2D eigenvalue weighted by atomic mass is 16.4. The summed E-state index contributed by atoms with van der Waals surface area (Å²) in [7, 11) is 0. The molecule has 7 heteroatoms. The quantitative estimate of drug-likeness (QED) is 0.619. The van der Waals surface area contributed by atoms with Gasteiger partial charge in [0.15, 0.2) is 0 Å². The zero-order chi connectivity index (χ0) is 17.2. The Kier molecular flexibility index (Phi) is 3.66. The molecule has 0 radical (unpaired) electrons. The lowest BCUT2D eigenvalue weighted by atomic mass is 10.1. The summed E-state index contributed by atoms with van der Waals surface area (Å²) < 4.78 is 5.19. The van der Waals surface area contributed by atoms with Gasteiger partial charge < -0.3 is 9.73 Å². The molecule has 0 aliphatic heterocycles. The van der Waals surface area contributed by atoms with E-state index in [0.717, 1.165) is 16.6 Å². The number of anilines is 1. The second kappa shape index (κ2) is 6.12. The first-order valence-electron chi connectivity index (χ1n) is 7.61. The fraction of sp³-hybridized carbons (Fsp3) is 0.0556. The molecule has 2 aromatic carbocycles. The predicted octanol–water partition coefficient (Wildman–Crippen LogP) is 3.24. The average molecular weight is 331 g/mol. The van der Waals surface area contributed by atoms with Crippen LogP contribution in [0.2, 0.25) is 0 Å². The maximum atomic E-state index is 12.5. The lowest BCUT2D eigenvalue weighted by Crippen LogP contribution is -2.15. The van der Waals surface area contributed by atoms with E-state index in [1.54, 1.807) is 6.07 Å². The second-order valence-electron chi connectivity index (χ2n) is 5.47. The minimum absolute atomic E-state index is 0.251. The van der Waals surface area contributed by atoms with Gasteiger partial charge in [-0.05, 0) is 36.8 Å². The van der Waals surface area contributed by atoms with Crippen molar-refractivity contribution in [3.63, 3.8) is 0 Å². The Labute approximate surface area is 142 Å². The van der Waals surface area contributed by atoms with Crippen LogP contribution in [0, 0.1) is 6.92 Å². The van der Waals surface area contributed by atoms with E-state index in [2.05, 4.69) is 25.5 Å². The summed E-state index contributed by atoms with van der Waals surface area (Å²) in [5.41, 5.74) is 3.95. The Morgan fingerprint density at radius 3 is 2.76 bits per heavy atom. The molecule has 0 aliphatic carbocycles. The Hall–Kier alpha value is -3.61. The summed E-state index contributed by atoms with van der Waals surface area (Å²) in [6.07, 6.45) is 2.73. The third kappa shape index (κ3) is 2.94. The second-order valence-corrected chi connectivity index (χ2v) is 5.47. The lowest BCUT2D eigenvalue weighted by molar-refractivity contribution is 0.102. The molecule has 0 spiro atoms. The molecule has 2 heterocycles. The van der Waals surface area contributed by atoms with Crippen LogP contribution < -0.4 is 5.32 Å². The van der Waals surface area contributed by atoms with Crippen molar-refractivity contribution in [2.75, 3.05) is 5.32 Å². The summed E-state index contributed by atoms with van der Waals surface area (Å²) in [5.74, 6) is 0.0602. The molecule has 0 atom stereocenters. The molecule has 4 rings (SSSR count). The molecule has 25 heavy (non-hydrogen) atoms. The van der Waals surface area contributed by atoms with Gasteiger partial charge in [0.1, 0.15) is 5.69 Å². The minimum atomic E-state index is -0.330. The topological polar surface area (TPSA) is 93.8 Å². The van der Waals surface area contributed by atoms with Gasteiger partial charge in [0.25, 0.3) is 5.91 Å². The Balaban J connectivity index is 1.64. The number of carbonyl (C=O) groups is 1. The van der Waals surface area contributed by atoms with Gasteiger partial charge in [-0.2, -0.15) is 0 Å². The van der Waals surface area contributed by atoms with E-state index in [0.29, 0.717) is 17.1 Å². The van der Waals surface area contributed by atoms with Crippen molar-refractivity contribution < 1.29 is 9.21 Å². The minimum Gasteiger partial charge on any atom is -0.423 e. The molecule has 1 amide bonds. The van der Waals surface area contributed by atoms with Gasteiger partial charge in [0.05, 0.1) is 17.2 Å². The molecule has 0 aliphatic rings. The fourth-order valence-electron chi connectivity index (χ4n) is 2.44. The van der Waals surface area contributed by atoms with Crippen molar-refractivity contribution >= 4 is 22.6 Å². The Bertz CT molecular complexity index is 1060. The van der Waals surface area contributed by atoms with E-state index in [1.165, 1.54) is 12.6 Å². The smallest absolute Gasteiger partial charge is 0.275 e. The number of aromatic nitrogens is 4. The molecule has 4 aromatic rings. The molecular formula is C18H13N5O2. The first-order chi connectivity index (χ1) is 12.2. The number of para-hydroxylation sites is 2. The molecule has 122 valence electrons. The molecule has 0 fully saturated rings. The first-order valence-corrected chi connectivity index (χ1v) is 7.61. The van der Waals surface area contributed by atoms with Crippen LogP contribution in [0.3, 0.4) is 0 Å². The van der Waals surface area contributed by atoms with E-state index in [1.807, 2.05) is 43.3 Å². The lowest BCUT2D eigenvalue weighted by Gasteiger charge is -2.09. The van der Waals surface area contributed by atoms with Gasteiger partial charge in [-0.1, -0.05) is 18.2 Å². The standard InChI is InChI=1S/C18H13N5O2/c1-11-6-7-12(18-23-20-10-25-18)8-15(11)22-17(24)16-9-19-13-4-2-3-5-14(13)21-16/h2-10H,1H3,(H,22,24). The normalized spacial score (nSPS) is 10.8. The van der Waals surface area contributed by atoms with Crippen molar-refractivity contribution in [1.29, 1.82) is 0 Å². The Morgan fingerprint density at radius 2 is 1.96 bits per heavy atom. The maximum Gasteiger partial charge on any atom is 0.275 e. The summed E-state index contributed by atoms with van der Waals surface area (Å²) in [6, 6.07) is 12.9. The van der Waals surface area contributed by atoms with Crippen molar-refractivity contribution in [3.05, 3.63) is 66.3 Å². The van der Waals surface area contributed by atoms with Crippen LogP contribution in [0.5, 0.6) is 0 Å². The van der Waals surface area contributed by atoms with Crippen LogP contribution in [-0.2, 0) is 0 Å². The first kappa shape index (κ1) is 14.9. The van der Waals surface area contributed by atoms with Gasteiger partial charge >= 0.3 is 0 Å². The van der Waals surface area contributed by atoms with E-state index in [-0.39, 0.29) is 11.6 Å². The average Bonchev–Trinajstić information content (AvgIpc) is 3.18. The molecule has 1 N–H and O–H groups in total. The van der Waals surface area contributed by atoms with Gasteiger partial charge in [-0.25, -0.2) is 4.98 Å². The van der Waals surface area contributed by atoms with Crippen LogP contribution in [0.15, 0.2) is 59.5 Å². The number of hydrogen-bond donors (Lipinski definition) is 1. The van der Waals surface area contributed by atoms with Crippen molar-refractivity contribution in [2.24, 2.45) is 0 Å². The molecule has 0 saturated carbocycles. The van der Waals surface area contributed by atoms with Gasteiger partial charge in [0, 0.05) is 11.3 Å². The van der Waals surface area contributed by atoms with Crippen LogP contribution in [-0.4, -0.2) is 26.1 Å². The third-order valence-electron chi connectivity index (χ3n) is 3.77. The number of fused-ring (bicyclic) bond motifs is 1. The number of aryl methyl sites for hydroxylation is 1. The van der Waals surface area contributed by atoms with Gasteiger partial charge in [0.2, 0.25) is 12.3 Å². The van der Waals surface area contributed by atoms with Gasteiger partial charge in [-0.15, -0.1) is 10.2 Å². The third-order valence-corrected chi connectivity index (χ3v) is 3.77. The van der Waals surface area contributed by atoms with E-state index >= 15 is 0 Å². The summed E-state index contributed by atoms with van der Waals surface area (Å²) >= 11 is 0. The molecule has 7 nitrogen and oxygen atoms in total. The molecular weight excluding hydrogens is 318 g/mol. The van der Waals surface area contributed by atoms with E-state index in [9.17, 15) is 4.79 Å². The number of rotatable bonds is 3. The summed E-state index contributed by atoms with van der Waals surface area (Å²) in [6.45, 7) is 1.90. The van der Waals surface area contributed by atoms with Crippen LogP contribution in [0.25, 0.3) is 22.5 Å². The zero-order valence-electron chi connectivity index (χ0n) is 13.3. The highest BCUT2D eigenvalue weighted by Crippen LogP contribution is 2.24. The summed E-state index contributed by atoms with van der Waals surface area (Å²) in [5, 5.41) is 10.4.